The van der Waals surface area contributed by atoms with Gasteiger partial charge in [-0.25, -0.2) is 0 Å². The summed E-state index contributed by atoms with van der Waals surface area (Å²) in [5, 5.41) is 14.7. The molecule has 25 heavy (non-hydrogen) atoms. The largest absolute Gasteiger partial charge is 0.481 e. The second kappa shape index (κ2) is 7.03. The van der Waals surface area contributed by atoms with E-state index in [4.69, 9.17) is 5.11 Å². The van der Waals surface area contributed by atoms with Crippen LogP contribution in [0.1, 0.15) is 37.8 Å². The van der Waals surface area contributed by atoms with Gasteiger partial charge in [0.25, 0.3) is 0 Å². The number of fused-ring (bicyclic) bond motifs is 1. The number of hydrogen-bond acceptors (Lipinski definition) is 4. The zero-order valence-corrected chi connectivity index (χ0v) is 16.1. The van der Waals surface area contributed by atoms with Gasteiger partial charge in [-0.15, -0.1) is 11.8 Å². The number of thioether (sulfide) groups is 1. The van der Waals surface area contributed by atoms with Crippen molar-refractivity contribution >= 4 is 55.3 Å². The summed E-state index contributed by atoms with van der Waals surface area (Å²) < 4.78 is 1.05. The van der Waals surface area contributed by atoms with Crippen molar-refractivity contribution in [3.8, 4) is 0 Å². The lowest BCUT2D eigenvalue weighted by Gasteiger charge is -2.14. The molecule has 2 aliphatic rings. The van der Waals surface area contributed by atoms with Crippen molar-refractivity contribution in [1.29, 1.82) is 0 Å². The highest BCUT2D eigenvalue weighted by Crippen LogP contribution is 2.33. The van der Waals surface area contributed by atoms with Gasteiger partial charge in [0, 0.05) is 21.7 Å². The van der Waals surface area contributed by atoms with Gasteiger partial charge in [-0.2, -0.15) is 0 Å². The molecule has 0 radical (unpaired) electrons. The zero-order chi connectivity index (χ0) is 17.4. The number of hydrogen-bond donors (Lipinski definition) is 3. The topological polar surface area (TPSA) is 77.5 Å². The molecule has 0 saturated heterocycles. The van der Waals surface area contributed by atoms with Gasteiger partial charge in [0.15, 0.2) is 0 Å². The number of nitrogens with zero attached hydrogens (tertiary/aromatic N) is 1. The molecule has 7 heteroatoms. The molecule has 4 rings (SSSR count). The van der Waals surface area contributed by atoms with Crippen LogP contribution in [0.25, 0.3) is 10.9 Å². The Labute approximate surface area is 158 Å². The quantitative estimate of drug-likeness (QED) is 0.657. The van der Waals surface area contributed by atoms with Gasteiger partial charge in [0.1, 0.15) is 5.04 Å². The molecule has 2 aromatic rings. The summed E-state index contributed by atoms with van der Waals surface area (Å²) in [6, 6.07) is 6.74. The minimum absolute atomic E-state index is 0.0940. The number of rotatable bonds is 5. The molecule has 0 spiro atoms. The van der Waals surface area contributed by atoms with E-state index in [-0.39, 0.29) is 12.5 Å². The van der Waals surface area contributed by atoms with Crippen LogP contribution < -0.4 is 5.32 Å². The van der Waals surface area contributed by atoms with Crippen LogP contribution in [0, 0.1) is 0 Å². The summed E-state index contributed by atoms with van der Waals surface area (Å²) in [5.74, 6) is -0.0623. The van der Waals surface area contributed by atoms with Crippen LogP contribution in [0.3, 0.4) is 0 Å². The van der Waals surface area contributed by atoms with Crippen LogP contribution in [0.4, 0.5) is 5.69 Å². The van der Waals surface area contributed by atoms with Crippen LogP contribution in [-0.4, -0.2) is 38.9 Å². The van der Waals surface area contributed by atoms with Crippen molar-refractivity contribution in [2.24, 2.45) is 4.99 Å². The molecule has 1 aliphatic carbocycles. The molecular weight excluding hydrogens is 402 g/mol. The maximum Gasteiger partial charge on any atom is 0.305 e. The molecule has 1 atom stereocenters. The fourth-order valence-corrected chi connectivity index (χ4v) is 5.10. The number of aliphatic imine (C=N–C) groups is 1. The van der Waals surface area contributed by atoms with Crippen molar-refractivity contribution in [1.82, 2.24) is 4.98 Å². The first-order valence-electron chi connectivity index (χ1n) is 8.60. The van der Waals surface area contributed by atoms with Gasteiger partial charge in [0.05, 0.1) is 29.4 Å². The molecule has 1 aromatic heterocycles. The predicted molar refractivity (Wildman–Crippen MR) is 107 cm³/mol. The fraction of sp³-hybridized carbons (Fsp3) is 0.444. The minimum Gasteiger partial charge on any atom is -0.481 e. The summed E-state index contributed by atoms with van der Waals surface area (Å²) in [7, 11) is 0. The Morgan fingerprint density at radius 3 is 2.92 bits per heavy atom. The average molecular weight is 422 g/mol. The van der Waals surface area contributed by atoms with Gasteiger partial charge in [0.2, 0.25) is 0 Å². The molecular formula is C18H20BrN3O2S. The Morgan fingerprint density at radius 2 is 2.16 bits per heavy atom. The number of benzene rings is 1. The number of aromatic nitrogens is 1. The summed E-state index contributed by atoms with van der Waals surface area (Å²) in [6.07, 6.45) is 5.13. The standard InChI is InChI=1S/C18H20BrN3O2S/c19-11-5-10-6-15(18-21-13(9-25-18)8-16(23)24)22-17(10)14(7-11)20-12-3-1-2-4-12/h5-7,12-13,20,22H,1-4,8-9H2,(H,23,24)/t13-/m1/s1. The number of aliphatic carboxylic acids is 1. The molecule has 132 valence electrons. The first-order chi connectivity index (χ1) is 12.1. The van der Waals surface area contributed by atoms with E-state index in [1.807, 2.05) is 0 Å². The molecule has 2 heterocycles. The summed E-state index contributed by atoms with van der Waals surface area (Å²) in [6.45, 7) is 0. The number of H-pyrrole nitrogens is 1. The van der Waals surface area contributed by atoms with Gasteiger partial charge >= 0.3 is 5.97 Å². The highest BCUT2D eigenvalue weighted by atomic mass is 79.9. The van der Waals surface area contributed by atoms with Gasteiger partial charge in [-0.05, 0) is 31.0 Å². The third-order valence-corrected chi connectivity index (χ3v) is 6.37. The molecule has 0 bridgehead atoms. The van der Waals surface area contributed by atoms with E-state index in [2.05, 4.69) is 49.4 Å². The number of carbonyl (C=O) groups is 1. The van der Waals surface area contributed by atoms with E-state index >= 15 is 0 Å². The van der Waals surface area contributed by atoms with Crippen molar-refractivity contribution < 1.29 is 9.90 Å². The van der Waals surface area contributed by atoms with E-state index in [0.29, 0.717) is 6.04 Å². The maximum absolute atomic E-state index is 10.9. The second-order valence-electron chi connectivity index (χ2n) is 6.72. The second-order valence-corrected chi connectivity index (χ2v) is 8.65. The molecule has 1 saturated carbocycles. The first kappa shape index (κ1) is 17.0. The number of aromatic amines is 1. The van der Waals surface area contributed by atoms with Gasteiger partial charge in [-0.3, -0.25) is 9.79 Å². The van der Waals surface area contributed by atoms with Crippen LogP contribution >= 0.6 is 27.7 Å². The van der Waals surface area contributed by atoms with Crippen LogP contribution in [-0.2, 0) is 4.79 Å². The molecule has 0 unspecified atom stereocenters. The van der Waals surface area contributed by atoms with Crippen LogP contribution in [0.5, 0.6) is 0 Å². The summed E-state index contributed by atoms with van der Waals surface area (Å²) in [5.41, 5.74) is 3.18. The third kappa shape index (κ3) is 3.72. The fourth-order valence-electron chi connectivity index (χ4n) is 3.60. The number of carboxylic acid groups (broad SMARTS) is 1. The van der Waals surface area contributed by atoms with Crippen molar-refractivity contribution in [2.75, 3.05) is 11.1 Å². The van der Waals surface area contributed by atoms with Gasteiger partial charge < -0.3 is 15.4 Å². The lowest BCUT2D eigenvalue weighted by atomic mass is 10.2. The Balaban J connectivity index is 1.64. The number of halogens is 1. The van der Waals surface area contributed by atoms with Crippen molar-refractivity contribution in [2.45, 2.75) is 44.2 Å². The molecule has 1 aliphatic heterocycles. The zero-order valence-electron chi connectivity index (χ0n) is 13.7. The molecule has 3 N–H and O–H groups in total. The Bertz CT molecular complexity index is 842. The predicted octanol–water partition coefficient (Wildman–Crippen LogP) is 4.62. The van der Waals surface area contributed by atoms with Crippen molar-refractivity contribution in [3.05, 3.63) is 28.4 Å². The molecule has 1 fully saturated rings. The van der Waals surface area contributed by atoms with E-state index in [1.165, 1.54) is 25.7 Å². The van der Waals surface area contributed by atoms with Crippen molar-refractivity contribution in [3.63, 3.8) is 0 Å². The lowest BCUT2D eigenvalue weighted by molar-refractivity contribution is -0.137. The van der Waals surface area contributed by atoms with E-state index in [1.54, 1.807) is 11.8 Å². The van der Waals surface area contributed by atoms with Crippen LogP contribution in [0.15, 0.2) is 27.7 Å². The van der Waals surface area contributed by atoms with Crippen LogP contribution in [0.2, 0.25) is 0 Å². The average Bonchev–Trinajstić information content (AvgIpc) is 3.26. The Morgan fingerprint density at radius 1 is 1.36 bits per heavy atom. The normalized spacial score (nSPS) is 21.0. The number of nitrogens with one attached hydrogen (secondary N) is 2. The summed E-state index contributed by atoms with van der Waals surface area (Å²) in [4.78, 5) is 19.0. The maximum atomic E-state index is 10.9. The first-order valence-corrected chi connectivity index (χ1v) is 10.4. The lowest BCUT2D eigenvalue weighted by Crippen LogP contribution is -2.14. The third-order valence-electron chi connectivity index (χ3n) is 4.76. The summed E-state index contributed by atoms with van der Waals surface area (Å²) >= 11 is 5.23. The minimum atomic E-state index is -0.792. The molecule has 0 amide bonds. The SMILES string of the molecule is O=C(O)C[C@@H]1CSC(c2cc3cc(Br)cc(NC4CCCC4)c3[nH]2)=N1. The molecule has 5 nitrogen and oxygen atoms in total. The Kier molecular flexibility index (Phi) is 4.78. The number of carboxylic acids is 1. The smallest absolute Gasteiger partial charge is 0.305 e. The Hall–Kier alpha value is -1.47. The highest BCUT2D eigenvalue weighted by Gasteiger charge is 2.23. The van der Waals surface area contributed by atoms with E-state index in [0.717, 1.165) is 37.6 Å². The van der Waals surface area contributed by atoms with E-state index < -0.39 is 5.97 Å². The van der Waals surface area contributed by atoms with E-state index in [9.17, 15) is 4.79 Å². The monoisotopic (exact) mass is 421 g/mol. The molecule has 1 aromatic carbocycles. The number of anilines is 1. The van der Waals surface area contributed by atoms with Gasteiger partial charge in [-0.1, -0.05) is 28.8 Å². The highest BCUT2D eigenvalue weighted by molar-refractivity contribution is 9.10.